The number of carboxylic acids is 1. The number of sulfone groups is 1. The fraction of sp³-hybridized carbons (Fsp3) is 0.545. The summed E-state index contributed by atoms with van der Waals surface area (Å²) in [4.78, 5) is 22.3. The predicted molar refractivity (Wildman–Crippen MR) is 73.7 cm³/mol. The van der Waals surface area contributed by atoms with Gasteiger partial charge in [-0.15, -0.1) is 0 Å². The smallest absolute Gasteiger partial charge is 0.325 e. The summed E-state index contributed by atoms with van der Waals surface area (Å²) in [5, 5.41) is 17.6. The van der Waals surface area contributed by atoms with E-state index in [2.05, 4.69) is 15.7 Å². The maximum atomic E-state index is 11.7. The molecule has 1 aliphatic rings. The Balaban J connectivity index is 1.82. The van der Waals surface area contributed by atoms with Gasteiger partial charge in [0.1, 0.15) is 16.4 Å². The summed E-state index contributed by atoms with van der Waals surface area (Å²) < 4.78 is 23.7. The highest BCUT2D eigenvalue weighted by Gasteiger charge is 2.24. The highest BCUT2D eigenvalue weighted by molar-refractivity contribution is 7.91. The molecular weight excluding hydrogens is 300 g/mol. The molecule has 0 atom stereocenters. The summed E-state index contributed by atoms with van der Waals surface area (Å²) in [6.07, 6.45) is 3.54. The maximum Gasteiger partial charge on any atom is 0.325 e. The molecule has 2 amide bonds. The van der Waals surface area contributed by atoms with E-state index in [1.54, 1.807) is 0 Å². The molecule has 0 aliphatic carbocycles. The molecule has 3 N–H and O–H groups in total. The van der Waals surface area contributed by atoms with Crippen LogP contribution in [0, 0.1) is 0 Å². The fourth-order valence-electron chi connectivity index (χ4n) is 2.04. The summed E-state index contributed by atoms with van der Waals surface area (Å²) in [5.41, 5.74) is 0.372. The predicted octanol–water partition coefficient (Wildman–Crippen LogP) is -0.334. The van der Waals surface area contributed by atoms with E-state index in [-0.39, 0.29) is 24.1 Å². The van der Waals surface area contributed by atoms with Gasteiger partial charge < -0.3 is 15.7 Å². The number of aliphatic carboxylic acids is 1. The summed E-state index contributed by atoms with van der Waals surface area (Å²) in [6.45, 7) is -0.288. The first-order chi connectivity index (χ1) is 9.84. The normalized spacial score (nSPS) is 18.1. The van der Waals surface area contributed by atoms with E-state index in [0.29, 0.717) is 18.5 Å². The number of hydrogen-bond donors (Lipinski definition) is 3. The molecule has 0 aromatic carbocycles. The number of nitrogens with one attached hydrogen (secondary N) is 2. The number of urea groups is 1. The van der Waals surface area contributed by atoms with E-state index in [1.165, 1.54) is 17.1 Å². The molecule has 0 spiro atoms. The first-order valence-electron chi connectivity index (χ1n) is 6.36. The minimum atomic E-state index is -2.96. The van der Waals surface area contributed by atoms with Crippen molar-refractivity contribution in [3.8, 4) is 0 Å². The SMILES string of the molecule is O=C(O)Cn1cc(NC(=O)NC2CCS(=O)(=O)CC2)cn1. The van der Waals surface area contributed by atoms with Crippen LogP contribution in [-0.4, -0.2) is 52.9 Å². The number of amides is 2. The van der Waals surface area contributed by atoms with E-state index in [1.807, 2.05) is 0 Å². The summed E-state index contributed by atoms with van der Waals surface area (Å²) in [6, 6.07) is -0.642. The van der Waals surface area contributed by atoms with Crippen LogP contribution < -0.4 is 10.6 Å². The molecule has 1 saturated heterocycles. The number of aromatic nitrogens is 2. The van der Waals surface area contributed by atoms with Crippen molar-refractivity contribution in [2.45, 2.75) is 25.4 Å². The van der Waals surface area contributed by atoms with Gasteiger partial charge in [-0.05, 0) is 12.8 Å². The van der Waals surface area contributed by atoms with Crippen molar-refractivity contribution in [2.75, 3.05) is 16.8 Å². The topological polar surface area (TPSA) is 130 Å². The molecule has 0 unspecified atom stereocenters. The molecule has 2 heterocycles. The van der Waals surface area contributed by atoms with Gasteiger partial charge in [0, 0.05) is 12.2 Å². The highest BCUT2D eigenvalue weighted by atomic mass is 32.2. The molecule has 1 aromatic rings. The van der Waals surface area contributed by atoms with Crippen molar-refractivity contribution in [1.82, 2.24) is 15.1 Å². The highest BCUT2D eigenvalue weighted by Crippen LogP contribution is 2.12. The van der Waals surface area contributed by atoms with Crippen LogP contribution in [0.1, 0.15) is 12.8 Å². The first kappa shape index (κ1) is 15.3. The standard InChI is InChI=1S/C11H16N4O5S/c16-10(17)7-15-6-9(5-12-15)14-11(18)13-8-1-3-21(19,20)4-2-8/h5-6,8H,1-4,7H2,(H,16,17)(H2,13,14,18). The fourth-order valence-corrected chi connectivity index (χ4v) is 3.53. The summed E-state index contributed by atoms with van der Waals surface area (Å²) in [5.74, 6) is -0.874. The van der Waals surface area contributed by atoms with Gasteiger partial charge in [-0.1, -0.05) is 0 Å². The van der Waals surface area contributed by atoms with Crippen LogP contribution in [0.2, 0.25) is 0 Å². The third kappa shape index (κ3) is 4.74. The quantitative estimate of drug-likeness (QED) is 0.697. The van der Waals surface area contributed by atoms with Gasteiger partial charge in [0.15, 0.2) is 0 Å². The zero-order chi connectivity index (χ0) is 15.5. The Morgan fingerprint density at radius 1 is 1.38 bits per heavy atom. The van der Waals surface area contributed by atoms with Crippen LogP contribution in [0.3, 0.4) is 0 Å². The number of hydrogen-bond acceptors (Lipinski definition) is 5. The lowest BCUT2D eigenvalue weighted by atomic mass is 10.2. The maximum absolute atomic E-state index is 11.7. The number of carbonyl (C=O) groups excluding carboxylic acids is 1. The van der Waals surface area contributed by atoms with Crippen molar-refractivity contribution in [3.05, 3.63) is 12.4 Å². The van der Waals surface area contributed by atoms with Crippen LogP contribution in [-0.2, 0) is 21.2 Å². The second-order valence-corrected chi connectivity index (χ2v) is 7.15. The molecule has 0 saturated carbocycles. The first-order valence-corrected chi connectivity index (χ1v) is 8.18. The molecule has 10 heteroatoms. The molecule has 9 nitrogen and oxygen atoms in total. The Morgan fingerprint density at radius 3 is 2.67 bits per heavy atom. The minimum absolute atomic E-state index is 0.0779. The second kappa shape index (κ2) is 6.12. The van der Waals surface area contributed by atoms with Crippen molar-refractivity contribution in [2.24, 2.45) is 0 Å². The van der Waals surface area contributed by atoms with Gasteiger partial charge in [0.25, 0.3) is 0 Å². The van der Waals surface area contributed by atoms with E-state index < -0.39 is 21.8 Å². The van der Waals surface area contributed by atoms with Crippen molar-refractivity contribution in [3.63, 3.8) is 0 Å². The molecule has 1 aromatic heterocycles. The lowest BCUT2D eigenvalue weighted by Crippen LogP contribution is -2.42. The van der Waals surface area contributed by atoms with E-state index >= 15 is 0 Å². The van der Waals surface area contributed by atoms with E-state index in [9.17, 15) is 18.0 Å². The van der Waals surface area contributed by atoms with Crippen molar-refractivity contribution < 1.29 is 23.1 Å². The molecule has 2 rings (SSSR count). The third-order valence-electron chi connectivity index (χ3n) is 3.08. The average molecular weight is 316 g/mol. The van der Waals surface area contributed by atoms with Gasteiger partial charge in [-0.2, -0.15) is 5.10 Å². The third-order valence-corrected chi connectivity index (χ3v) is 4.79. The lowest BCUT2D eigenvalue weighted by molar-refractivity contribution is -0.137. The Labute approximate surface area is 121 Å². The van der Waals surface area contributed by atoms with Crippen LogP contribution in [0.15, 0.2) is 12.4 Å². The average Bonchev–Trinajstić information content (AvgIpc) is 2.78. The van der Waals surface area contributed by atoms with Gasteiger partial charge >= 0.3 is 12.0 Å². The molecule has 1 aliphatic heterocycles. The zero-order valence-corrected chi connectivity index (χ0v) is 12.0. The molecule has 0 bridgehead atoms. The zero-order valence-electron chi connectivity index (χ0n) is 11.2. The van der Waals surface area contributed by atoms with Crippen LogP contribution >= 0.6 is 0 Å². The Morgan fingerprint density at radius 2 is 2.05 bits per heavy atom. The largest absolute Gasteiger partial charge is 0.480 e. The van der Waals surface area contributed by atoms with Crippen LogP contribution in [0.5, 0.6) is 0 Å². The number of rotatable bonds is 4. The molecule has 116 valence electrons. The van der Waals surface area contributed by atoms with Crippen molar-refractivity contribution >= 4 is 27.5 Å². The second-order valence-electron chi connectivity index (χ2n) is 4.84. The van der Waals surface area contributed by atoms with Crippen LogP contribution in [0.25, 0.3) is 0 Å². The van der Waals surface area contributed by atoms with Gasteiger partial charge in [0.2, 0.25) is 0 Å². The number of carbonyl (C=O) groups is 2. The minimum Gasteiger partial charge on any atom is -0.480 e. The summed E-state index contributed by atoms with van der Waals surface area (Å²) in [7, 11) is -2.96. The van der Waals surface area contributed by atoms with Crippen LogP contribution in [0.4, 0.5) is 10.5 Å². The Hall–Kier alpha value is -2.10. The van der Waals surface area contributed by atoms with Crippen molar-refractivity contribution in [1.29, 1.82) is 0 Å². The Kier molecular flexibility index (Phi) is 4.46. The Bertz CT molecular complexity index is 625. The number of anilines is 1. The number of carboxylic acid groups (broad SMARTS) is 1. The van der Waals surface area contributed by atoms with Gasteiger partial charge in [-0.3, -0.25) is 9.48 Å². The summed E-state index contributed by atoms with van der Waals surface area (Å²) >= 11 is 0. The monoisotopic (exact) mass is 316 g/mol. The number of nitrogens with zero attached hydrogens (tertiary/aromatic N) is 2. The van der Waals surface area contributed by atoms with Gasteiger partial charge in [0.05, 0.1) is 23.4 Å². The van der Waals surface area contributed by atoms with E-state index in [4.69, 9.17) is 5.11 Å². The van der Waals surface area contributed by atoms with E-state index in [0.717, 1.165) is 0 Å². The lowest BCUT2D eigenvalue weighted by Gasteiger charge is -2.22. The van der Waals surface area contributed by atoms with Gasteiger partial charge in [-0.25, -0.2) is 13.2 Å². The molecule has 21 heavy (non-hydrogen) atoms. The molecular formula is C11H16N4O5S. The molecule has 0 radical (unpaired) electrons. The molecule has 1 fully saturated rings.